The molecule has 22 heavy (non-hydrogen) atoms. The SMILES string of the molecule is CC[Si](OC)(OC(CCC(F)(F)F)C(F)(F)F)OC(Cl)(Cl)Cl. The normalized spacial score (nSPS) is 18.1. The molecule has 0 aromatic heterocycles. The Morgan fingerprint density at radius 1 is 1.05 bits per heavy atom. The summed E-state index contributed by atoms with van der Waals surface area (Å²) < 4.78 is 86.8. The molecule has 0 aromatic rings. The molecule has 3 nitrogen and oxygen atoms in total. The summed E-state index contributed by atoms with van der Waals surface area (Å²) in [6, 6.07) is -0.240. The van der Waals surface area contributed by atoms with Gasteiger partial charge in [-0.3, -0.25) is 0 Å². The lowest BCUT2D eigenvalue weighted by atomic mass is 10.2. The third kappa shape index (κ3) is 8.99. The topological polar surface area (TPSA) is 27.7 Å². The molecule has 0 bridgehead atoms. The van der Waals surface area contributed by atoms with Gasteiger partial charge in [0.2, 0.25) is 0 Å². The van der Waals surface area contributed by atoms with Crippen LogP contribution in [0.3, 0.4) is 0 Å². The second-order valence-electron chi connectivity index (χ2n) is 4.09. The summed E-state index contributed by atoms with van der Waals surface area (Å²) in [5.41, 5.74) is 0. The van der Waals surface area contributed by atoms with Gasteiger partial charge >= 0.3 is 21.2 Å². The van der Waals surface area contributed by atoms with Crippen LogP contribution in [0.25, 0.3) is 0 Å². The third-order valence-corrected chi connectivity index (χ3v) is 5.76. The van der Waals surface area contributed by atoms with Crippen molar-refractivity contribution in [2.24, 2.45) is 0 Å². The molecule has 0 aliphatic heterocycles. The van der Waals surface area contributed by atoms with Gasteiger partial charge in [0, 0.05) is 19.6 Å². The van der Waals surface area contributed by atoms with Crippen LogP contribution in [-0.2, 0) is 13.3 Å². The Kier molecular flexibility index (Phi) is 8.28. The van der Waals surface area contributed by atoms with Crippen molar-refractivity contribution in [3.05, 3.63) is 0 Å². The third-order valence-electron chi connectivity index (χ3n) is 2.39. The average Bonchev–Trinajstić information content (AvgIpc) is 2.28. The van der Waals surface area contributed by atoms with Crippen molar-refractivity contribution in [3.63, 3.8) is 0 Å². The number of rotatable bonds is 7. The highest BCUT2D eigenvalue weighted by Gasteiger charge is 2.53. The minimum atomic E-state index is -5.06. The van der Waals surface area contributed by atoms with Crippen molar-refractivity contribution in [2.75, 3.05) is 7.11 Å². The van der Waals surface area contributed by atoms with Crippen LogP contribution >= 0.6 is 34.8 Å². The smallest absolute Gasteiger partial charge is 0.377 e. The maximum Gasteiger partial charge on any atom is 0.504 e. The predicted molar refractivity (Wildman–Crippen MR) is 70.8 cm³/mol. The van der Waals surface area contributed by atoms with Gasteiger partial charge < -0.3 is 13.3 Å². The van der Waals surface area contributed by atoms with Crippen LogP contribution in [0.2, 0.25) is 6.04 Å². The Balaban J connectivity index is 5.21. The molecule has 0 fully saturated rings. The van der Waals surface area contributed by atoms with Crippen molar-refractivity contribution >= 4 is 43.6 Å². The lowest BCUT2D eigenvalue weighted by molar-refractivity contribution is -0.218. The molecular weight excluding hydrogens is 405 g/mol. The van der Waals surface area contributed by atoms with E-state index in [-0.39, 0.29) is 6.04 Å². The number of alkyl halides is 9. The van der Waals surface area contributed by atoms with Crippen molar-refractivity contribution in [1.29, 1.82) is 0 Å². The maximum absolute atomic E-state index is 12.9. The first-order chi connectivity index (χ1) is 9.64. The summed E-state index contributed by atoms with van der Waals surface area (Å²) in [6.07, 6.45) is -15.6. The van der Waals surface area contributed by atoms with E-state index in [1.807, 2.05) is 0 Å². The average molecular weight is 418 g/mol. The minimum absolute atomic E-state index is 0.240. The van der Waals surface area contributed by atoms with E-state index in [4.69, 9.17) is 43.7 Å². The highest BCUT2D eigenvalue weighted by Crippen LogP contribution is 2.38. The monoisotopic (exact) mass is 416 g/mol. The summed E-state index contributed by atoms with van der Waals surface area (Å²) >= 11 is 16.0. The van der Waals surface area contributed by atoms with Crippen LogP contribution in [0, 0.1) is 0 Å². The zero-order valence-corrected chi connectivity index (χ0v) is 14.6. The maximum atomic E-state index is 12.9. The molecule has 0 aliphatic rings. The molecule has 2 unspecified atom stereocenters. The van der Waals surface area contributed by atoms with Crippen molar-refractivity contribution < 1.29 is 39.6 Å². The molecule has 0 spiro atoms. The fourth-order valence-corrected chi connectivity index (χ4v) is 4.31. The van der Waals surface area contributed by atoms with E-state index < -0.39 is 44.1 Å². The Bertz CT molecular complexity index is 343. The highest BCUT2D eigenvalue weighted by atomic mass is 35.6. The fourth-order valence-electron chi connectivity index (χ4n) is 1.39. The van der Waals surface area contributed by atoms with Gasteiger partial charge in [0.05, 0.1) is 0 Å². The summed E-state index contributed by atoms with van der Waals surface area (Å²) in [5, 5.41) is 0. The van der Waals surface area contributed by atoms with Crippen LogP contribution in [0.4, 0.5) is 26.3 Å². The molecule has 2 atom stereocenters. The van der Waals surface area contributed by atoms with E-state index in [0.29, 0.717) is 0 Å². The Morgan fingerprint density at radius 3 is 1.82 bits per heavy atom. The Hall–Kier alpha value is 0.547. The minimum Gasteiger partial charge on any atom is -0.377 e. The number of hydrogen-bond donors (Lipinski definition) is 0. The predicted octanol–water partition coefficient (Wildman–Crippen LogP) is 5.23. The zero-order chi connectivity index (χ0) is 17.8. The Morgan fingerprint density at radius 2 is 1.55 bits per heavy atom. The van der Waals surface area contributed by atoms with E-state index in [1.165, 1.54) is 6.92 Å². The molecule has 134 valence electrons. The van der Waals surface area contributed by atoms with Gasteiger partial charge in [-0.1, -0.05) is 41.7 Å². The van der Waals surface area contributed by atoms with E-state index in [1.54, 1.807) is 0 Å². The molecule has 0 rings (SSSR count). The lowest BCUT2D eigenvalue weighted by Gasteiger charge is -2.34. The molecule has 0 radical (unpaired) electrons. The summed E-state index contributed by atoms with van der Waals surface area (Å²) in [6.45, 7) is 1.34. The molecule has 0 saturated carbocycles. The second-order valence-corrected chi connectivity index (χ2v) is 9.19. The van der Waals surface area contributed by atoms with Crippen LogP contribution in [0.15, 0.2) is 0 Å². The van der Waals surface area contributed by atoms with Gasteiger partial charge in [0.25, 0.3) is 3.98 Å². The molecule has 0 heterocycles. The van der Waals surface area contributed by atoms with Crippen molar-refractivity contribution in [1.82, 2.24) is 0 Å². The highest BCUT2D eigenvalue weighted by molar-refractivity contribution is 6.70. The van der Waals surface area contributed by atoms with E-state index in [0.717, 1.165) is 7.11 Å². The van der Waals surface area contributed by atoms with Crippen molar-refractivity contribution in [3.8, 4) is 0 Å². The Labute approximate surface area is 139 Å². The quantitative estimate of drug-likeness (QED) is 0.323. The fraction of sp³-hybridized carbons (Fsp3) is 1.00. The first-order valence-electron chi connectivity index (χ1n) is 5.77. The molecule has 0 saturated heterocycles. The number of hydrogen-bond acceptors (Lipinski definition) is 3. The van der Waals surface area contributed by atoms with Crippen LogP contribution < -0.4 is 0 Å². The largest absolute Gasteiger partial charge is 0.504 e. The van der Waals surface area contributed by atoms with Gasteiger partial charge in [-0.25, -0.2) is 0 Å². The molecule has 13 heteroatoms. The first kappa shape index (κ1) is 22.5. The zero-order valence-electron chi connectivity index (χ0n) is 11.3. The van der Waals surface area contributed by atoms with Crippen LogP contribution in [0.1, 0.15) is 19.8 Å². The molecule has 0 aliphatic carbocycles. The lowest BCUT2D eigenvalue weighted by Crippen LogP contribution is -2.52. The van der Waals surface area contributed by atoms with E-state index >= 15 is 0 Å². The number of halogens is 9. The van der Waals surface area contributed by atoms with Crippen LogP contribution in [0.5, 0.6) is 0 Å². The molecule has 0 aromatic carbocycles. The molecule has 0 N–H and O–H groups in total. The van der Waals surface area contributed by atoms with Gasteiger partial charge in [0.1, 0.15) is 6.10 Å². The van der Waals surface area contributed by atoms with Gasteiger partial charge in [0.15, 0.2) is 0 Å². The summed E-state index contributed by atoms with van der Waals surface area (Å²) in [5.74, 6) is 0. The summed E-state index contributed by atoms with van der Waals surface area (Å²) in [4.78, 5) is 0. The van der Waals surface area contributed by atoms with Gasteiger partial charge in [-0.15, -0.1) is 0 Å². The van der Waals surface area contributed by atoms with Gasteiger partial charge in [-0.2, -0.15) is 26.3 Å². The molecular formula is C9H13Cl3F6O3Si. The van der Waals surface area contributed by atoms with E-state index in [9.17, 15) is 26.3 Å². The first-order valence-corrected chi connectivity index (χ1v) is 8.84. The summed E-state index contributed by atoms with van der Waals surface area (Å²) in [7, 11) is -3.17. The van der Waals surface area contributed by atoms with E-state index in [2.05, 4.69) is 4.43 Å². The standard InChI is InChI=1S/C9H13Cl3F6O3Si/c1-3-22(19-2,21-9(10,11)12)20-6(8(16,17)18)4-5-7(13,14)15/h6H,3-5H2,1-2H3. The molecule has 0 amide bonds. The van der Waals surface area contributed by atoms with Gasteiger partial charge in [-0.05, 0) is 6.42 Å². The second kappa shape index (κ2) is 8.08. The van der Waals surface area contributed by atoms with Crippen molar-refractivity contribution in [2.45, 2.75) is 48.2 Å². The van der Waals surface area contributed by atoms with Crippen LogP contribution in [-0.4, -0.2) is 38.3 Å².